The molecule has 0 spiro atoms. The van der Waals surface area contributed by atoms with Gasteiger partial charge < -0.3 is 15.4 Å². The van der Waals surface area contributed by atoms with Crippen LogP contribution in [0, 0.1) is 24.7 Å². The molecule has 5 heteroatoms. The highest BCUT2D eigenvalue weighted by Crippen LogP contribution is 2.44. The lowest BCUT2D eigenvalue weighted by Crippen LogP contribution is -2.55. The Morgan fingerprint density at radius 3 is 2.88 bits per heavy atom. The third-order valence-corrected chi connectivity index (χ3v) is 6.36. The van der Waals surface area contributed by atoms with Gasteiger partial charge in [-0.15, -0.1) is 0 Å². The van der Waals surface area contributed by atoms with E-state index in [1.807, 2.05) is 19.1 Å². The maximum Gasteiger partial charge on any atom is 0.223 e. The second-order valence-electron chi connectivity index (χ2n) is 7.95. The number of carbonyl (C=O) groups excluding carboxylic acids is 1. The summed E-state index contributed by atoms with van der Waals surface area (Å²) in [5.41, 5.74) is 0.943. The smallest absolute Gasteiger partial charge is 0.223 e. The van der Waals surface area contributed by atoms with Crippen molar-refractivity contribution in [3.63, 3.8) is 0 Å². The number of hydrogen-bond acceptors (Lipinski definition) is 4. The zero-order chi connectivity index (χ0) is 17.2. The molecule has 3 atom stereocenters. The Kier molecular flexibility index (Phi) is 4.93. The van der Waals surface area contributed by atoms with Crippen LogP contribution >= 0.6 is 0 Å². The van der Waals surface area contributed by atoms with E-state index in [1.165, 1.54) is 6.42 Å². The van der Waals surface area contributed by atoms with E-state index in [1.54, 1.807) is 6.20 Å². The SMILES string of the molecule is Cc1ncccc1OC1CCC(NC(=O)[C@@H]2C[C@H]3CCNC[C@H]32)CC1. The van der Waals surface area contributed by atoms with Crippen LogP contribution in [0.5, 0.6) is 5.75 Å². The molecule has 0 aromatic carbocycles. The molecule has 5 nitrogen and oxygen atoms in total. The fourth-order valence-electron chi connectivity index (χ4n) is 4.71. The topological polar surface area (TPSA) is 63.2 Å². The summed E-state index contributed by atoms with van der Waals surface area (Å²) in [5, 5.41) is 6.75. The molecular formula is C20H29N3O2. The molecule has 2 N–H and O–H groups in total. The molecular weight excluding hydrogens is 314 g/mol. The highest BCUT2D eigenvalue weighted by atomic mass is 16.5. The van der Waals surface area contributed by atoms with Crippen LogP contribution in [0.15, 0.2) is 18.3 Å². The van der Waals surface area contributed by atoms with Crippen molar-refractivity contribution in [2.24, 2.45) is 17.8 Å². The van der Waals surface area contributed by atoms with Gasteiger partial charge in [-0.3, -0.25) is 9.78 Å². The molecule has 3 fully saturated rings. The summed E-state index contributed by atoms with van der Waals surface area (Å²) in [5.74, 6) is 2.77. The van der Waals surface area contributed by atoms with Crippen molar-refractivity contribution in [1.29, 1.82) is 0 Å². The summed E-state index contributed by atoms with van der Waals surface area (Å²) in [6, 6.07) is 4.22. The summed E-state index contributed by atoms with van der Waals surface area (Å²) in [4.78, 5) is 16.9. The van der Waals surface area contributed by atoms with Crippen molar-refractivity contribution >= 4 is 5.91 Å². The Bertz CT molecular complexity index is 613. The molecule has 2 heterocycles. The van der Waals surface area contributed by atoms with Crippen molar-refractivity contribution < 1.29 is 9.53 Å². The summed E-state index contributed by atoms with van der Waals surface area (Å²) in [6.45, 7) is 4.12. The number of ether oxygens (including phenoxy) is 1. The molecule has 4 rings (SSSR count). The summed E-state index contributed by atoms with van der Waals surface area (Å²) >= 11 is 0. The standard InChI is InChI=1S/C20H29N3O2/c1-13-19(3-2-9-22-13)25-16-6-4-15(5-7-16)23-20(24)17-11-14-8-10-21-12-18(14)17/h2-3,9,14-18,21H,4-8,10-12H2,1H3,(H,23,24)/t14-,15?,16?,17-,18-/m1/s1. The van der Waals surface area contributed by atoms with Crippen molar-refractivity contribution in [3.05, 3.63) is 24.0 Å². The Morgan fingerprint density at radius 2 is 2.12 bits per heavy atom. The number of hydrogen-bond donors (Lipinski definition) is 2. The second kappa shape index (κ2) is 7.32. The lowest BCUT2D eigenvalue weighted by Gasteiger charge is -2.47. The first-order chi connectivity index (χ1) is 12.2. The van der Waals surface area contributed by atoms with E-state index in [4.69, 9.17) is 4.74 Å². The first-order valence-corrected chi connectivity index (χ1v) is 9.80. The Hall–Kier alpha value is -1.62. The normalized spacial score (nSPS) is 34.5. The Morgan fingerprint density at radius 1 is 1.28 bits per heavy atom. The Balaban J connectivity index is 1.22. The number of rotatable bonds is 4. The number of pyridine rings is 1. The van der Waals surface area contributed by atoms with Crippen LogP contribution in [0.4, 0.5) is 0 Å². The lowest BCUT2D eigenvalue weighted by molar-refractivity contribution is -0.135. The number of fused-ring (bicyclic) bond motifs is 1. The van der Waals surface area contributed by atoms with Gasteiger partial charge in [-0.05, 0) is 82.5 Å². The van der Waals surface area contributed by atoms with Crippen LogP contribution in [-0.4, -0.2) is 36.1 Å². The first kappa shape index (κ1) is 16.8. The van der Waals surface area contributed by atoms with Crippen molar-refractivity contribution in [3.8, 4) is 5.75 Å². The molecule has 0 unspecified atom stereocenters. The van der Waals surface area contributed by atoms with Crippen LogP contribution in [-0.2, 0) is 4.79 Å². The van der Waals surface area contributed by atoms with Crippen LogP contribution in [0.25, 0.3) is 0 Å². The number of nitrogens with one attached hydrogen (secondary N) is 2. The fourth-order valence-corrected chi connectivity index (χ4v) is 4.71. The van der Waals surface area contributed by atoms with Gasteiger partial charge in [0, 0.05) is 18.2 Å². The molecule has 1 aromatic rings. The van der Waals surface area contributed by atoms with E-state index < -0.39 is 0 Å². The molecule has 136 valence electrons. The van der Waals surface area contributed by atoms with E-state index in [-0.39, 0.29) is 17.9 Å². The van der Waals surface area contributed by atoms with Crippen molar-refractivity contribution in [2.45, 2.75) is 57.6 Å². The van der Waals surface area contributed by atoms with E-state index in [2.05, 4.69) is 15.6 Å². The molecule has 1 amide bonds. The van der Waals surface area contributed by atoms with E-state index >= 15 is 0 Å². The number of aryl methyl sites for hydroxylation is 1. The Labute approximate surface area is 149 Å². The summed E-state index contributed by atoms with van der Waals surface area (Å²) < 4.78 is 6.11. The van der Waals surface area contributed by atoms with Gasteiger partial charge in [-0.1, -0.05) is 0 Å². The molecule has 1 aliphatic heterocycles. The maximum absolute atomic E-state index is 12.6. The predicted octanol–water partition coefficient (Wildman–Crippen LogP) is 2.44. The zero-order valence-electron chi connectivity index (χ0n) is 15.0. The monoisotopic (exact) mass is 343 g/mol. The molecule has 25 heavy (non-hydrogen) atoms. The van der Waals surface area contributed by atoms with Gasteiger partial charge in [0.15, 0.2) is 0 Å². The second-order valence-corrected chi connectivity index (χ2v) is 7.95. The van der Waals surface area contributed by atoms with Gasteiger partial charge in [0.2, 0.25) is 5.91 Å². The van der Waals surface area contributed by atoms with E-state index in [0.717, 1.165) is 62.6 Å². The highest BCUT2D eigenvalue weighted by molar-refractivity contribution is 5.80. The molecule has 3 aliphatic rings. The third-order valence-electron chi connectivity index (χ3n) is 6.36. The highest BCUT2D eigenvalue weighted by Gasteiger charge is 2.46. The molecule has 2 aliphatic carbocycles. The van der Waals surface area contributed by atoms with Crippen molar-refractivity contribution in [2.75, 3.05) is 13.1 Å². The number of nitrogens with zero attached hydrogens (tertiary/aromatic N) is 1. The molecule has 0 bridgehead atoms. The summed E-state index contributed by atoms with van der Waals surface area (Å²) in [6.07, 6.45) is 8.38. The van der Waals surface area contributed by atoms with Crippen LogP contribution in [0.3, 0.4) is 0 Å². The molecule has 1 aromatic heterocycles. The number of piperidine rings is 1. The largest absolute Gasteiger partial charge is 0.489 e. The van der Waals surface area contributed by atoms with Gasteiger partial charge in [0.05, 0.1) is 11.8 Å². The maximum atomic E-state index is 12.6. The number of amides is 1. The van der Waals surface area contributed by atoms with Gasteiger partial charge in [0.25, 0.3) is 0 Å². The molecule has 1 saturated heterocycles. The zero-order valence-corrected chi connectivity index (χ0v) is 15.0. The van der Waals surface area contributed by atoms with Gasteiger partial charge in [0.1, 0.15) is 5.75 Å². The average molecular weight is 343 g/mol. The van der Waals surface area contributed by atoms with Crippen LogP contribution in [0.1, 0.15) is 44.2 Å². The lowest BCUT2D eigenvalue weighted by atomic mass is 9.61. The van der Waals surface area contributed by atoms with Crippen LogP contribution < -0.4 is 15.4 Å². The van der Waals surface area contributed by atoms with Gasteiger partial charge in [-0.2, -0.15) is 0 Å². The minimum Gasteiger partial charge on any atom is -0.489 e. The molecule has 2 saturated carbocycles. The predicted molar refractivity (Wildman–Crippen MR) is 96.4 cm³/mol. The fraction of sp³-hybridized carbons (Fsp3) is 0.700. The number of aromatic nitrogens is 1. The third kappa shape index (κ3) is 3.66. The quantitative estimate of drug-likeness (QED) is 0.881. The minimum atomic E-state index is 0.241. The minimum absolute atomic E-state index is 0.241. The van der Waals surface area contributed by atoms with Gasteiger partial charge >= 0.3 is 0 Å². The molecule has 0 radical (unpaired) electrons. The number of carbonyl (C=O) groups is 1. The first-order valence-electron chi connectivity index (χ1n) is 9.80. The summed E-state index contributed by atoms with van der Waals surface area (Å²) in [7, 11) is 0. The van der Waals surface area contributed by atoms with E-state index in [0.29, 0.717) is 12.0 Å². The van der Waals surface area contributed by atoms with Crippen LogP contribution in [0.2, 0.25) is 0 Å². The van der Waals surface area contributed by atoms with Gasteiger partial charge in [-0.25, -0.2) is 0 Å². The average Bonchev–Trinajstić information content (AvgIpc) is 2.60. The van der Waals surface area contributed by atoms with E-state index in [9.17, 15) is 4.79 Å². The van der Waals surface area contributed by atoms with Crippen molar-refractivity contribution in [1.82, 2.24) is 15.6 Å².